The third kappa shape index (κ3) is 4.04. The van der Waals surface area contributed by atoms with Crippen molar-refractivity contribution in [2.24, 2.45) is 0 Å². The van der Waals surface area contributed by atoms with Crippen LogP contribution in [-0.2, 0) is 12.3 Å². The van der Waals surface area contributed by atoms with Crippen molar-refractivity contribution < 1.29 is 0 Å². The standard InChI is InChI=1S/C20H19ClN6OS/c1-3-9-26-18(23-24-25-26)12-29-20-22-17-11-14(21)7-8-16(17)19(28)27(20)15-6-4-5-13(2)10-15/h4-8,10-11H,3,9,12H2,1-2H3. The maximum atomic E-state index is 13.3. The summed E-state index contributed by atoms with van der Waals surface area (Å²) in [5.41, 5.74) is 2.28. The summed E-state index contributed by atoms with van der Waals surface area (Å²) in [6.45, 7) is 4.81. The molecule has 148 valence electrons. The molecule has 2 heterocycles. The summed E-state index contributed by atoms with van der Waals surface area (Å²) in [6, 6.07) is 12.9. The van der Waals surface area contributed by atoms with E-state index >= 15 is 0 Å². The first-order valence-electron chi connectivity index (χ1n) is 9.24. The van der Waals surface area contributed by atoms with Crippen LogP contribution in [0.1, 0.15) is 24.7 Å². The third-order valence-electron chi connectivity index (χ3n) is 4.43. The first kappa shape index (κ1) is 19.6. The number of hydrogen-bond acceptors (Lipinski definition) is 6. The number of tetrazole rings is 1. The van der Waals surface area contributed by atoms with Gasteiger partial charge in [-0.2, -0.15) is 0 Å². The van der Waals surface area contributed by atoms with Gasteiger partial charge in [-0.15, -0.1) is 5.10 Å². The molecule has 0 saturated carbocycles. The average molecular weight is 427 g/mol. The molecule has 2 aromatic carbocycles. The van der Waals surface area contributed by atoms with Crippen molar-refractivity contribution in [1.29, 1.82) is 0 Å². The van der Waals surface area contributed by atoms with Crippen LogP contribution in [0.3, 0.4) is 0 Å². The van der Waals surface area contributed by atoms with Crippen molar-refractivity contribution in [2.75, 3.05) is 0 Å². The van der Waals surface area contributed by atoms with Gasteiger partial charge in [-0.25, -0.2) is 9.67 Å². The van der Waals surface area contributed by atoms with Gasteiger partial charge in [0.05, 0.1) is 22.3 Å². The molecule has 7 nitrogen and oxygen atoms in total. The molecule has 2 aromatic heterocycles. The zero-order valence-electron chi connectivity index (χ0n) is 16.0. The molecule has 0 bridgehead atoms. The third-order valence-corrected chi connectivity index (χ3v) is 5.60. The van der Waals surface area contributed by atoms with E-state index in [-0.39, 0.29) is 5.56 Å². The molecule has 0 amide bonds. The molecule has 9 heteroatoms. The second-order valence-electron chi connectivity index (χ2n) is 6.64. The topological polar surface area (TPSA) is 78.5 Å². The Labute approximate surface area is 176 Å². The number of aryl methyl sites for hydroxylation is 2. The van der Waals surface area contributed by atoms with Crippen LogP contribution < -0.4 is 5.56 Å². The SMILES string of the molecule is CCCn1nnnc1CSc1nc2cc(Cl)ccc2c(=O)n1-c1cccc(C)c1. The van der Waals surface area contributed by atoms with Gasteiger partial charge in [0.15, 0.2) is 11.0 Å². The maximum Gasteiger partial charge on any atom is 0.266 e. The Morgan fingerprint density at radius 1 is 1.17 bits per heavy atom. The molecule has 29 heavy (non-hydrogen) atoms. The Morgan fingerprint density at radius 3 is 2.83 bits per heavy atom. The van der Waals surface area contributed by atoms with E-state index in [0.29, 0.717) is 26.8 Å². The van der Waals surface area contributed by atoms with Gasteiger partial charge in [0.2, 0.25) is 0 Å². The van der Waals surface area contributed by atoms with Gasteiger partial charge in [0.25, 0.3) is 5.56 Å². The van der Waals surface area contributed by atoms with Gasteiger partial charge in [-0.1, -0.05) is 42.4 Å². The van der Waals surface area contributed by atoms with Gasteiger partial charge < -0.3 is 0 Å². The highest BCUT2D eigenvalue weighted by atomic mass is 35.5. The predicted octanol–water partition coefficient (Wildman–Crippen LogP) is 4.04. The van der Waals surface area contributed by atoms with Crippen molar-refractivity contribution in [2.45, 2.75) is 37.7 Å². The quantitative estimate of drug-likeness (QED) is 0.342. The zero-order chi connectivity index (χ0) is 20.4. The molecule has 0 unspecified atom stereocenters. The number of rotatable bonds is 6. The highest BCUT2D eigenvalue weighted by molar-refractivity contribution is 7.98. The minimum Gasteiger partial charge on any atom is -0.268 e. The monoisotopic (exact) mass is 426 g/mol. The molecular formula is C20H19ClN6OS. The van der Waals surface area contributed by atoms with E-state index in [4.69, 9.17) is 16.6 Å². The number of halogens is 1. The Balaban J connectivity index is 1.83. The summed E-state index contributed by atoms with van der Waals surface area (Å²) >= 11 is 7.56. The van der Waals surface area contributed by atoms with Gasteiger partial charge >= 0.3 is 0 Å². The van der Waals surface area contributed by atoms with Gasteiger partial charge in [0.1, 0.15) is 0 Å². The molecule has 0 spiro atoms. The molecule has 0 aliphatic heterocycles. The highest BCUT2D eigenvalue weighted by Crippen LogP contribution is 2.25. The van der Waals surface area contributed by atoms with Crippen LogP contribution in [0.25, 0.3) is 16.6 Å². The van der Waals surface area contributed by atoms with Crippen molar-refractivity contribution >= 4 is 34.3 Å². The lowest BCUT2D eigenvalue weighted by Crippen LogP contribution is -2.22. The first-order valence-corrected chi connectivity index (χ1v) is 10.6. The molecule has 4 rings (SSSR count). The van der Waals surface area contributed by atoms with Crippen molar-refractivity contribution in [1.82, 2.24) is 29.8 Å². The lowest BCUT2D eigenvalue weighted by Gasteiger charge is -2.14. The molecule has 0 saturated heterocycles. The summed E-state index contributed by atoms with van der Waals surface area (Å²) in [7, 11) is 0. The number of fused-ring (bicyclic) bond motifs is 1. The molecule has 4 aromatic rings. The van der Waals surface area contributed by atoms with E-state index in [0.717, 1.165) is 30.0 Å². The minimum atomic E-state index is -0.132. The Hall–Kier alpha value is -2.71. The van der Waals surface area contributed by atoms with E-state index in [2.05, 4.69) is 22.4 Å². The largest absolute Gasteiger partial charge is 0.268 e. The Bertz CT molecular complexity index is 1240. The molecule has 0 radical (unpaired) electrons. The van der Waals surface area contributed by atoms with Crippen LogP contribution in [0.4, 0.5) is 0 Å². The molecule has 0 fully saturated rings. The normalized spacial score (nSPS) is 11.3. The van der Waals surface area contributed by atoms with Gasteiger partial charge in [0, 0.05) is 11.6 Å². The van der Waals surface area contributed by atoms with Crippen molar-refractivity contribution in [3.8, 4) is 5.69 Å². The minimum absolute atomic E-state index is 0.132. The smallest absolute Gasteiger partial charge is 0.266 e. The highest BCUT2D eigenvalue weighted by Gasteiger charge is 2.16. The molecule has 0 atom stereocenters. The fourth-order valence-electron chi connectivity index (χ4n) is 3.07. The van der Waals surface area contributed by atoms with E-state index in [1.807, 2.05) is 31.2 Å². The van der Waals surface area contributed by atoms with Crippen molar-refractivity contribution in [3.63, 3.8) is 0 Å². The Morgan fingerprint density at radius 2 is 2.03 bits per heavy atom. The second kappa shape index (κ2) is 8.34. The van der Waals surface area contributed by atoms with E-state index in [1.165, 1.54) is 11.8 Å². The van der Waals surface area contributed by atoms with Crippen LogP contribution in [0.5, 0.6) is 0 Å². The number of aromatic nitrogens is 6. The van der Waals surface area contributed by atoms with Crippen LogP contribution in [-0.4, -0.2) is 29.8 Å². The lowest BCUT2D eigenvalue weighted by atomic mass is 10.2. The van der Waals surface area contributed by atoms with Crippen LogP contribution in [0, 0.1) is 6.92 Å². The summed E-state index contributed by atoms with van der Waals surface area (Å²) in [5.74, 6) is 1.24. The van der Waals surface area contributed by atoms with Gasteiger partial charge in [-0.3, -0.25) is 9.36 Å². The number of nitrogens with zero attached hydrogens (tertiary/aromatic N) is 6. The fourth-order valence-corrected chi connectivity index (χ4v) is 4.18. The average Bonchev–Trinajstić information content (AvgIpc) is 3.13. The molecule has 0 aliphatic carbocycles. The van der Waals surface area contributed by atoms with E-state index in [9.17, 15) is 4.79 Å². The molecular weight excluding hydrogens is 408 g/mol. The van der Waals surface area contributed by atoms with Gasteiger partial charge in [-0.05, 0) is 59.7 Å². The summed E-state index contributed by atoms with van der Waals surface area (Å²) in [5, 5.41) is 13.5. The second-order valence-corrected chi connectivity index (χ2v) is 8.02. The number of thioether (sulfide) groups is 1. The molecule has 0 aliphatic rings. The molecule has 0 N–H and O–H groups in total. The maximum absolute atomic E-state index is 13.3. The van der Waals surface area contributed by atoms with E-state index in [1.54, 1.807) is 27.4 Å². The zero-order valence-corrected chi connectivity index (χ0v) is 17.6. The summed E-state index contributed by atoms with van der Waals surface area (Å²) < 4.78 is 3.42. The Kier molecular flexibility index (Phi) is 5.64. The fraction of sp³-hybridized carbons (Fsp3) is 0.250. The number of hydrogen-bond donors (Lipinski definition) is 0. The van der Waals surface area contributed by atoms with Crippen LogP contribution >= 0.6 is 23.4 Å². The summed E-state index contributed by atoms with van der Waals surface area (Å²) in [6.07, 6.45) is 0.934. The predicted molar refractivity (Wildman–Crippen MR) is 115 cm³/mol. The first-order chi connectivity index (χ1) is 14.1. The van der Waals surface area contributed by atoms with Crippen LogP contribution in [0.15, 0.2) is 52.4 Å². The van der Waals surface area contributed by atoms with Crippen molar-refractivity contribution in [3.05, 3.63) is 69.2 Å². The number of benzene rings is 2. The van der Waals surface area contributed by atoms with E-state index < -0.39 is 0 Å². The summed E-state index contributed by atoms with van der Waals surface area (Å²) in [4.78, 5) is 18.1. The van der Waals surface area contributed by atoms with Crippen LogP contribution in [0.2, 0.25) is 5.02 Å². The lowest BCUT2D eigenvalue weighted by molar-refractivity contribution is 0.564.